The molecule has 0 aliphatic heterocycles. The second-order valence-corrected chi connectivity index (χ2v) is 4.83. The quantitative estimate of drug-likeness (QED) is 0.865. The van der Waals surface area contributed by atoms with Crippen molar-refractivity contribution in [3.63, 3.8) is 0 Å². The molecule has 1 heterocycles. The summed E-state index contributed by atoms with van der Waals surface area (Å²) in [6, 6.07) is 9.02. The topological polar surface area (TPSA) is 34.4 Å². The molecular formula is C14H15Cl2NO2. The van der Waals surface area contributed by atoms with Gasteiger partial charge in [-0.2, -0.15) is 0 Å². The Morgan fingerprint density at radius 2 is 1.89 bits per heavy atom. The second-order valence-electron chi connectivity index (χ2n) is 4.01. The third-order valence-corrected chi connectivity index (χ3v) is 3.28. The van der Waals surface area contributed by atoms with Crippen LogP contribution in [0.3, 0.4) is 0 Å². The normalized spacial score (nSPS) is 10.7. The van der Waals surface area contributed by atoms with Crippen molar-refractivity contribution in [2.45, 2.75) is 20.1 Å². The second kappa shape index (κ2) is 6.85. The zero-order chi connectivity index (χ0) is 13.7. The number of halogens is 2. The lowest BCUT2D eigenvalue weighted by Crippen LogP contribution is -2.10. The molecule has 3 nitrogen and oxygen atoms in total. The van der Waals surface area contributed by atoms with Crippen LogP contribution in [0.25, 0.3) is 0 Å². The van der Waals surface area contributed by atoms with Crippen LogP contribution >= 0.6 is 23.2 Å². The number of hydrogen-bond acceptors (Lipinski definition) is 3. The molecule has 0 aliphatic carbocycles. The first kappa shape index (κ1) is 14.3. The predicted octanol–water partition coefficient (Wildman–Crippen LogP) is 4.27. The molecule has 1 N–H and O–H groups in total. The van der Waals surface area contributed by atoms with E-state index in [1.165, 1.54) is 0 Å². The fraction of sp³-hybridized carbons (Fsp3) is 0.286. The van der Waals surface area contributed by atoms with E-state index >= 15 is 0 Å². The van der Waals surface area contributed by atoms with Crippen LogP contribution in [0.2, 0.25) is 10.0 Å². The molecule has 0 saturated heterocycles. The van der Waals surface area contributed by atoms with Gasteiger partial charge in [-0.15, -0.1) is 0 Å². The van der Waals surface area contributed by atoms with Gasteiger partial charge in [-0.25, -0.2) is 0 Å². The fourth-order valence-electron chi connectivity index (χ4n) is 1.56. The van der Waals surface area contributed by atoms with Gasteiger partial charge in [-0.05, 0) is 30.8 Å². The lowest BCUT2D eigenvalue weighted by atomic mass is 10.3. The summed E-state index contributed by atoms with van der Waals surface area (Å²) >= 11 is 11.7. The van der Waals surface area contributed by atoms with Crippen molar-refractivity contribution in [1.29, 1.82) is 0 Å². The van der Waals surface area contributed by atoms with Gasteiger partial charge in [-0.3, -0.25) is 0 Å². The lowest BCUT2D eigenvalue weighted by Gasteiger charge is -2.05. The Hall–Kier alpha value is -1.16. The third-order valence-electron chi connectivity index (χ3n) is 2.54. The molecule has 19 heavy (non-hydrogen) atoms. The van der Waals surface area contributed by atoms with E-state index in [0.29, 0.717) is 22.4 Å². The Labute approximate surface area is 122 Å². The van der Waals surface area contributed by atoms with E-state index in [-0.39, 0.29) is 0 Å². The van der Waals surface area contributed by atoms with Crippen LogP contribution in [-0.2, 0) is 13.2 Å². The molecule has 0 unspecified atom stereocenters. The molecule has 0 amide bonds. The summed E-state index contributed by atoms with van der Waals surface area (Å²) in [4.78, 5) is 0. The van der Waals surface area contributed by atoms with Crippen molar-refractivity contribution in [2.75, 3.05) is 6.54 Å². The summed E-state index contributed by atoms with van der Waals surface area (Å²) in [5.41, 5.74) is 0. The Kier molecular flexibility index (Phi) is 5.14. The van der Waals surface area contributed by atoms with Crippen LogP contribution in [0.5, 0.6) is 5.75 Å². The summed E-state index contributed by atoms with van der Waals surface area (Å²) in [5.74, 6) is 2.34. The third kappa shape index (κ3) is 4.16. The van der Waals surface area contributed by atoms with Gasteiger partial charge in [0.05, 0.1) is 16.6 Å². The van der Waals surface area contributed by atoms with Crippen LogP contribution in [0.1, 0.15) is 18.4 Å². The molecular weight excluding hydrogens is 285 g/mol. The number of nitrogens with one attached hydrogen (secondary N) is 1. The van der Waals surface area contributed by atoms with E-state index in [2.05, 4.69) is 12.2 Å². The molecule has 1 aromatic heterocycles. The highest BCUT2D eigenvalue weighted by atomic mass is 35.5. The Morgan fingerprint density at radius 1 is 1.11 bits per heavy atom. The van der Waals surface area contributed by atoms with Gasteiger partial charge in [0.2, 0.25) is 0 Å². The molecule has 0 spiro atoms. The van der Waals surface area contributed by atoms with Crippen molar-refractivity contribution in [2.24, 2.45) is 0 Å². The van der Waals surface area contributed by atoms with Gasteiger partial charge < -0.3 is 14.5 Å². The standard InChI is InChI=1S/C14H15Cl2NO2/c1-2-17-8-11-3-4-12(19-11)9-18-10-5-6-13(15)14(16)7-10/h3-7,17H,2,8-9H2,1H3. The molecule has 0 saturated carbocycles. The van der Waals surface area contributed by atoms with Crippen molar-refractivity contribution >= 4 is 23.2 Å². The number of furan rings is 1. The molecule has 1 aromatic carbocycles. The summed E-state index contributed by atoms with van der Waals surface area (Å²) in [6.45, 7) is 4.06. The first-order chi connectivity index (χ1) is 9.19. The first-order valence-corrected chi connectivity index (χ1v) is 6.80. The van der Waals surface area contributed by atoms with Crippen LogP contribution < -0.4 is 10.1 Å². The smallest absolute Gasteiger partial charge is 0.146 e. The lowest BCUT2D eigenvalue weighted by molar-refractivity contribution is 0.265. The van der Waals surface area contributed by atoms with Gasteiger partial charge in [0.25, 0.3) is 0 Å². The maximum Gasteiger partial charge on any atom is 0.146 e. The van der Waals surface area contributed by atoms with Crippen molar-refractivity contribution in [3.05, 3.63) is 51.9 Å². The van der Waals surface area contributed by atoms with Gasteiger partial charge in [0.1, 0.15) is 23.9 Å². The van der Waals surface area contributed by atoms with E-state index in [4.69, 9.17) is 32.4 Å². The van der Waals surface area contributed by atoms with Gasteiger partial charge in [0, 0.05) is 6.07 Å². The fourth-order valence-corrected chi connectivity index (χ4v) is 1.85. The molecule has 0 aliphatic rings. The van der Waals surface area contributed by atoms with E-state index in [1.54, 1.807) is 18.2 Å². The predicted molar refractivity (Wildman–Crippen MR) is 76.9 cm³/mol. The molecule has 0 radical (unpaired) electrons. The minimum Gasteiger partial charge on any atom is -0.486 e. The average Bonchev–Trinajstić information content (AvgIpc) is 2.86. The SMILES string of the molecule is CCNCc1ccc(COc2ccc(Cl)c(Cl)c2)o1. The zero-order valence-corrected chi connectivity index (χ0v) is 12.1. The van der Waals surface area contributed by atoms with Crippen LogP contribution in [0.4, 0.5) is 0 Å². The summed E-state index contributed by atoms with van der Waals surface area (Å²) in [6.07, 6.45) is 0. The highest BCUT2D eigenvalue weighted by Gasteiger charge is 2.04. The Balaban J connectivity index is 1.91. The van der Waals surface area contributed by atoms with Crippen LogP contribution in [0, 0.1) is 0 Å². The molecule has 5 heteroatoms. The van der Waals surface area contributed by atoms with Crippen LogP contribution in [0.15, 0.2) is 34.7 Å². The van der Waals surface area contributed by atoms with E-state index in [0.717, 1.165) is 24.6 Å². The minimum absolute atomic E-state index is 0.365. The molecule has 0 fully saturated rings. The number of ether oxygens (including phenoxy) is 1. The molecule has 102 valence electrons. The monoisotopic (exact) mass is 299 g/mol. The van der Waals surface area contributed by atoms with Crippen LogP contribution in [-0.4, -0.2) is 6.54 Å². The molecule has 0 bridgehead atoms. The van der Waals surface area contributed by atoms with Crippen molar-refractivity contribution in [1.82, 2.24) is 5.32 Å². The highest BCUT2D eigenvalue weighted by molar-refractivity contribution is 6.42. The van der Waals surface area contributed by atoms with E-state index in [9.17, 15) is 0 Å². The number of benzene rings is 1. The summed E-state index contributed by atoms with van der Waals surface area (Å²) in [5, 5.41) is 4.19. The zero-order valence-electron chi connectivity index (χ0n) is 10.6. The average molecular weight is 300 g/mol. The molecule has 2 aromatic rings. The van der Waals surface area contributed by atoms with Gasteiger partial charge in [0.15, 0.2) is 0 Å². The Morgan fingerprint density at radius 3 is 2.63 bits per heavy atom. The van der Waals surface area contributed by atoms with Gasteiger partial charge >= 0.3 is 0 Å². The van der Waals surface area contributed by atoms with E-state index in [1.807, 2.05) is 12.1 Å². The maximum atomic E-state index is 5.91. The molecule has 2 rings (SSSR count). The maximum absolute atomic E-state index is 5.91. The minimum atomic E-state index is 0.365. The van der Waals surface area contributed by atoms with Crippen molar-refractivity contribution in [3.8, 4) is 5.75 Å². The number of hydrogen-bond donors (Lipinski definition) is 1. The summed E-state index contributed by atoms with van der Waals surface area (Å²) in [7, 11) is 0. The molecule has 0 atom stereocenters. The largest absolute Gasteiger partial charge is 0.486 e. The van der Waals surface area contributed by atoms with Crippen molar-refractivity contribution < 1.29 is 9.15 Å². The first-order valence-electron chi connectivity index (χ1n) is 6.05. The Bertz CT molecular complexity index is 540. The number of rotatable bonds is 6. The van der Waals surface area contributed by atoms with E-state index < -0.39 is 0 Å². The highest BCUT2D eigenvalue weighted by Crippen LogP contribution is 2.26. The van der Waals surface area contributed by atoms with Gasteiger partial charge in [-0.1, -0.05) is 30.1 Å². The summed E-state index contributed by atoms with van der Waals surface area (Å²) < 4.78 is 11.2.